The number of carboxylic acid groups (broad SMARTS) is 2. The van der Waals surface area contributed by atoms with E-state index in [4.69, 9.17) is 9.98 Å². The van der Waals surface area contributed by atoms with E-state index in [9.17, 15) is 24.6 Å². The highest BCUT2D eigenvalue weighted by Gasteiger charge is 2.47. The molecule has 0 saturated carbocycles. The van der Waals surface area contributed by atoms with E-state index >= 15 is 0 Å². The second kappa shape index (κ2) is 16.0. The summed E-state index contributed by atoms with van der Waals surface area (Å²) in [5, 5.41) is 23.0. The van der Waals surface area contributed by atoms with Crippen molar-refractivity contribution in [2.75, 3.05) is 14.1 Å². The van der Waals surface area contributed by atoms with Gasteiger partial charge in [-0.05, 0) is 62.0 Å². The van der Waals surface area contributed by atoms with E-state index in [0.717, 1.165) is 81.6 Å². The van der Waals surface area contributed by atoms with Crippen LogP contribution in [-0.4, -0.2) is 63.5 Å². The Balaban J connectivity index is 1.67. The van der Waals surface area contributed by atoms with Crippen molar-refractivity contribution in [3.8, 4) is 0 Å². The Kier molecular flexibility index (Phi) is 11.9. The van der Waals surface area contributed by atoms with Gasteiger partial charge in [-0.15, -0.1) is 0 Å². The molecule has 0 spiro atoms. The first-order valence-corrected chi connectivity index (χ1v) is 18.8. The third-order valence-corrected chi connectivity index (χ3v) is 11.5. The zero-order valence-corrected chi connectivity index (χ0v) is 31.6. The van der Waals surface area contributed by atoms with Gasteiger partial charge in [0, 0.05) is 109 Å². The van der Waals surface area contributed by atoms with Crippen molar-refractivity contribution in [1.82, 2.24) is 15.2 Å². The summed E-state index contributed by atoms with van der Waals surface area (Å²) >= 11 is 0. The number of carboxylic acids is 2. The van der Waals surface area contributed by atoms with E-state index in [0.29, 0.717) is 32.1 Å². The first-order valence-electron chi connectivity index (χ1n) is 18.8. The standard InChI is InChI=1S/C41H57N5O5/c1-8-9-10-11-12-13-30-36-20-31-24(2)18-27(42-31)19-32-25(3)28(14-16-39(48)49)34(43-32)21-35-29(15-17-40(50)51)26(4)33(44-35)22-37(45-36)41(30,5)23-38(47)46(6)7/h18,20,22,24,29-30,42-43H,8-17,19,21,23H2,1-7H3,(H,48,49)(H,50,51)/t24?,29?,30?,41-/m0/s1. The number of rotatable bonds is 14. The molecule has 4 N–H and O–H groups in total. The number of hydrogen-bond acceptors (Lipinski definition) is 6. The maximum atomic E-state index is 13.5. The van der Waals surface area contributed by atoms with Gasteiger partial charge in [0.25, 0.3) is 0 Å². The number of aromatic amines is 1. The van der Waals surface area contributed by atoms with E-state index in [2.05, 4.69) is 56.2 Å². The number of allylic oxidation sites excluding steroid dienone is 6. The zero-order valence-electron chi connectivity index (χ0n) is 31.6. The van der Waals surface area contributed by atoms with Crippen molar-refractivity contribution in [2.24, 2.45) is 33.2 Å². The maximum Gasteiger partial charge on any atom is 0.303 e. The molecule has 5 rings (SSSR count). The van der Waals surface area contributed by atoms with Crippen LogP contribution >= 0.6 is 0 Å². The molecule has 10 nitrogen and oxygen atoms in total. The number of fused-ring (bicyclic) bond motifs is 6. The fourth-order valence-corrected chi connectivity index (χ4v) is 8.31. The van der Waals surface area contributed by atoms with E-state index in [1.807, 2.05) is 6.92 Å². The lowest BCUT2D eigenvalue weighted by Crippen LogP contribution is -2.35. The molecule has 0 radical (unpaired) electrons. The molecular weight excluding hydrogens is 642 g/mol. The molecule has 4 aliphatic heterocycles. The Morgan fingerprint density at radius 3 is 2.37 bits per heavy atom. The molecule has 5 heterocycles. The highest BCUT2D eigenvalue weighted by molar-refractivity contribution is 6.02. The van der Waals surface area contributed by atoms with Crippen molar-refractivity contribution in [3.05, 3.63) is 69.1 Å². The predicted molar refractivity (Wildman–Crippen MR) is 202 cm³/mol. The van der Waals surface area contributed by atoms with Crippen LogP contribution in [0.3, 0.4) is 0 Å². The van der Waals surface area contributed by atoms with Gasteiger partial charge in [0.1, 0.15) is 0 Å². The fourth-order valence-electron chi connectivity index (χ4n) is 8.31. The molecule has 0 aromatic carbocycles. The monoisotopic (exact) mass is 699 g/mol. The van der Waals surface area contributed by atoms with E-state index < -0.39 is 17.4 Å². The van der Waals surface area contributed by atoms with Crippen LogP contribution in [0.15, 0.2) is 56.6 Å². The van der Waals surface area contributed by atoms with Crippen molar-refractivity contribution < 1.29 is 24.6 Å². The van der Waals surface area contributed by atoms with Crippen LogP contribution in [0.5, 0.6) is 0 Å². The van der Waals surface area contributed by atoms with E-state index in [1.54, 1.807) is 19.0 Å². The van der Waals surface area contributed by atoms with Gasteiger partial charge in [-0.2, -0.15) is 0 Å². The largest absolute Gasteiger partial charge is 0.481 e. The van der Waals surface area contributed by atoms with Crippen LogP contribution in [0.25, 0.3) is 0 Å². The maximum absolute atomic E-state index is 13.5. The molecule has 1 amide bonds. The van der Waals surface area contributed by atoms with Gasteiger partial charge in [0.2, 0.25) is 5.91 Å². The number of carbonyl (C=O) groups excluding carboxylic acids is 1. The van der Waals surface area contributed by atoms with Crippen LogP contribution in [0.4, 0.5) is 0 Å². The number of amides is 1. The van der Waals surface area contributed by atoms with Crippen LogP contribution in [0.1, 0.15) is 114 Å². The Morgan fingerprint density at radius 1 is 0.961 bits per heavy atom. The molecule has 4 aliphatic rings. The van der Waals surface area contributed by atoms with Crippen molar-refractivity contribution >= 4 is 29.3 Å². The molecule has 3 unspecified atom stereocenters. The molecule has 1 aromatic heterocycles. The number of unbranched alkanes of at least 4 members (excludes halogenated alkanes) is 4. The van der Waals surface area contributed by atoms with Crippen LogP contribution in [0.2, 0.25) is 0 Å². The number of aliphatic carboxylic acids is 2. The van der Waals surface area contributed by atoms with Gasteiger partial charge in [0.15, 0.2) is 0 Å². The summed E-state index contributed by atoms with van der Waals surface area (Å²) in [4.78, 5) is 52.9. The van der Waals surface area contributed by atoms with E-state index in [-0.39, 0.29) is 36.5 Å². The molecule has 10 heteroatoms. The van der Waals surface area contributed by atoms with Crippen molar-refractivity contribution in [3.63, 3.8) is 0 Å². The summed E-state index contributed by atoms with van der Waals surface area (Å²) in [7, 11) is 3.61. The van der Waals surface area contributed by atoms with Crippen LogP contribution in [-0.2, 0) is 33.6 Å². The summed E-state index contributed by atoms with van der Waals surface area (Å²) in [5.74, 6) is -1.64. The van der Waals surface area contributed by atoms with Gasteiger partial charge in [0.05, 0.1) is 5.70 Å². The third kappa shape index (κ3) is 8.47. The number of H-pyrrole nitrogens is 1. The molecule has 51 heavy (non-hydrogen) atoms. The SMILES string of the molecule is CCCCCCCC1C2=NC(=CC3=C(C)C(CCC(=O)O)C(=N3)Cc3[nH]c(c(C)c3CCC(=O)O)CC3=CC(C)C(=C2)N3)[C@@]1(C)CC(=O)N(C)C. The average Bonchev–Trinajstić information content (AvgIpc) is 3.72. The highest BCUT2D eigenvalue weighted by Crippen LogP contribution is 2.50. The number of aliphatic imine (C=N–C) groups is 2. The second-order valence-electron chi connectivity index (χ2n) is 15.5. The molecule has 0 aliphatic carbocycles. The Bertz CT molecular complexity index is 1740. The van der Waals surface area contributed by atoms with Crippen LogP contribution in [0, 0.1) is 30.1 Å². The van der Waals surface area contributed by atoms with Gasteiger partial charge in [-0.25, -0.2) is 0 Å². The Labute approximate surface area is 303 Å². The first kappa shape index (κ1) is 38.0. The molecule has 0 saturated heterocycles. The minimum Gasteiger partial charge on any atom is -0.481 e. The molecule has 4 atom stereocenters. The van der Waals surface area contributed by atoms with Gasteiger partial charge in [-0.1, -0.05) is 59.0 Å². The predicted octanol–water partition coefficient (Wildman–Crippen LogP) is 7.46. The van der Waals surface area contributed by atoms with Crippen molar-refractivity contribution in [1.29, 1.82) is 0 Å². The number of aromatic nitrogens is 1. The third-order valence-electron chi connectivity index (χ3n) is 11.5. The summed E-state index contributed by atoms with van der Waals surface area (Å²) in [6.45, 7) is 10.7. The molecule has 276 valence electrons. The minimum absolute atomic E-state index is 0.00872. The van der Waals surface area contributed by atoms with Gasteiger partial charge < -0.3 is 25.4 Å². The lowest BCUT2D eigenvalue weighted by Gasteiger charge is -2.33. The second-order valence-corrected chi connectivity index (χ2v) is 15.5. The first-order chi connectivity index (χ1) is 24.2. The zero-order chi connectivity index (χ0) is 37.0. The fraction of sp³-hybridized carbons (Fsp3) is 0.585. The molecular formula is C41H57N5O5. The molecule has 1 aromatic rings. The smallest absolute Gasteiger partial charge is 0.303 e. The molecule has 0 fully saturated rings. The number of nitrogens with one attached hydrogen (secondary N) is 2. The Hall–Kier alpha value is -4.21. The number of hydrogen-bond donors (Lipinski definition) is 4. The summed E-state index contributed by atoms with van der Waals surface area (Å²) in [6, 6.07) is 0. The van der Waals surface area contributed by atoms with Crippen LogP contribution < -0.4 is 5.32 Å². The summed E-state index contributed by atoms with van der Waals surface area (Å²) in [5.41, 5.74) is 10.1. The lowest BCUT2D eigenvalue weighted by atomic mass is 9.69. The van der Waals surface area contributed by atoms with Crippen molar-refractivity contribution in [2.45, 2.75) is 118 Å². The quantitative estimate of drug-likeness (QED) is 0.148. The number of carbonyl (C=O) groups is 3. The summed E-state index contributed by atoms with van der Waals surface area (Å²) < 4.78 is 0. The number of nitrogens with zero attached hydrogens (tertiary/aromatic N) is 3. The van der Waals surface area contributed by atoms with Gasteiger partial charge in [-0.3, -0.25) is 24.4 Å². The highest BCUT2D eigenvalue weighted by atomic mass is 16.4. The Morgan fingerprint density at radius 2 is 1.69 bits per heavy atom. The normalized spacial score (nSPS) is 24.1. The van der Waals surface area contributed by atoms with Gasteiger partial charge >= 0.3 is 11.9 Å². The average molecular weight is 700 g/mol. The topological polar surface area (TPSA) is 147 Å². The lowest BCUT2D eigenvalue weighted by molar-refractivity contribution is -0.138. The summed E-state index contributed by atoms with van der Waals surface area (Å²) in [6.07, 6.45) is 15.5. The van der Waals surface area contributed by atoms with E-state index in [1.165, 1.54) is 19.3 Å². The molecule has 8 bridgehead atoms. The minimum atomic E-state index is -0.854.